The van der Waals surface area contributed by atoms with Gasteiger partial charge < -0.3 is 0 Å². The zero-order chi connectivity index (χ0) is 10.6. The third-order valence-corrected chi connectivity index (χ3v) is 2.65. The summed E-state index contributed by atoms with van der Waals surface area (Å²) in [4.78, 5) is 0. The minimum absolute atomic E-state index is 0.302. The van der Waals surface area contributed by atoms with Crippen LogP contribution in [0.15, 0.2) is 0 Å². The van der Waals surface area contributed by atoms with Crippen LogP contribution in [0.5, 0.6) is 0 Å². The Morgan fingerprint density at radius 1 is 0.929 bits per heavy atom. The summed E-state index contributed by atoms with van der Waals surface area (Å²) < 4.78 is 49.6. The van der Waals surface area contributed by atoms with Crippen LogP contribution in [0.4, 0.5) is 17.6 Å². The first-order valence-corrected chi connectivity index (χ1v) is 4.75. The van der Waals surface area contributed by atoms with Crippen molar-refractivity contribution in [3.05, 3.63) is 12.8 Å². The SMILES string of the molecule is FCC(F)C1[CH]CC(C(F)CF)[CH]C1. The Bertz CT molecular complexity index is 136. The molecule has 2 radical (unpaired) electrons. The van der Waals surface area contributed by atoms with Crippen LogP contribution in [0.2, 0.25) is 0 Å². The molecule has 0 aromatic heterocycles. The summed E-state index contributed by atoms with van der Waals surface area (Å²) in [6.07, 6.45) is 0.729. The lowest BCUT2D eigenvalue weighted by Gasteiger charge is -2.30. The molecule has 0 aromatic rings. The Morgan fingerprint density at radius 3 is 1.50 bits per heavy atom. The van der Waals surface area contributed by atoms with Gasteiger partial charge in [0, 0.05) is 0 Å². The summed E-state index contributed by atoms with van der Waals surface area (Å²) in [6.45, 7) is -2.02. The summed E-state index contributed by atoms with van der Waals surface area (Å²) >= 11 is 0. The molecule has 1 aliphatic rings. The first kappa shape index (κ1) is 11.8. The van der Waals surface area contributed by atoms with Crippen molar-refractivity contribution in [2.75, 3.05) is 13.3 Å². The molecule has 0 saturated heterocycles. The molecular formula is C10H14F4. The van der Waals surface area contributed by atoms with Crippen molar-refractivity contribution >= 4 is 0 Å². The lowest BCUT2D eigenvalue weighted by Crippen LogP contribution is -2.29. The molecule has 4 unspecified atom stereocenters. The van der Waals surface area contributed by atoms with Crippen molar-refractivity contribution in [1.29, 1.82) is 0 Å². The molecular weight excluding hydrogens is 196 g/mol. The lowest BCUT2D eigenvalue weighted by atomic mass is 9.78. The highest BCUT2D eigenvalue weighted by Crippen LogP contribution is 2.33. The summed E-state index contributed by atoms with van der Waals surface area (Å²) in [5.41, 5.74) is 0. The topological polar surface area (TPSA) is 0 Å². The van der Waals surface area contributed by atoms with Crippen LogP contribution in [0.1, 0.15) is 12.8 Å². The Hall–Kier alpha value is -0.280. The summed E-state index contributed by atoms with van der Waals surface area (Å²) in [5, 5.41) is 0. The second kappa shape index (κ2) is 5.56. The van der Waals surface area contributed by atoms with Gasteiger partial charge in [-0.25, -0.2) is 17.6 Å². The zero-order valence-corrected chi connectivity index (χ0v) is 7.80. The van der Waals surface area contributed by atoms with Crippen LogP contribution in [-0.2, 0) is 0 Å². The molecule has 0 N–H and O–H groups in total. The van der Waals surface area contributed by atoms with E-state index in [9.17, 15) is 17.6 Å². The number of rotatable bonds is 4. The van der Waals surface area contributed by atoms with Crippen molar-refractivity contribution < 1.29 is 17.6 Å². The molecule has 0 bridgehead atoms. The molecule has 0 nitrogen and oxygen atoms in total. The first-order chi connectivity index (χ1) is 6.69. The van der Waals surface area contributed by atoms with Gasteiger partial charge in [-0.3, -0.25) is 0 Å². The van der Waals surface area contributed by atoms with E-state index >= 15 is 0 Å². The molecule has 1 fully saturated rings. The van der Waals surface area contributed by atoms with E-state index in [2.05, 4.69) is 0 Å². The van der Waals surface area contributed by atoms with E-state index in [0.717, 1.165) is 0 Å². The van der Waals surface area contributed by atoms with E-state index in [1.54, 1.807) is 12.8 Å². The highest BCUT2D eigenvalue weighted by molar-refractivity contribution is 4.99. The van der Waals surface area contributed by atoms with E-state index in [-0.39, 0.29) is 0 Å². The van der Waals surface area contributed by atoms with E-state index in [1.807, 2.05) is 0 Å². The number of halogens is 4. The summed E-state index contributed by atoms with van der Waals surface area (Å²) in [7, 11) is 0. The number of hydrogen-bond acceptors (Lipinski definition) is 0. The molecule has 0 heterocycles. The van der Waals surface area contributed by atoms with Crippen LogP contribution < -0.4 is 0 Å². The van der Waals surface area contributed by atoms with Crippen molar-refractivity contribution in [2.45, 2.75) is 25.2 Å². The number of alkyl halides is 4. The second-order valence-electron chi connectivity index (χ2n) is 3.61. The van der Waals surface area contributed by atoms with Crippen molar-refractivity contribution in [3.8, 4) is 0 Å². The Labute approximate surface area is 81.7 Å². The molecule has 1 aliphatic carbocycles. The standard InChI is InChI=1S/C10H14F4/c11-5-9(13)7-1-2-8(4-3-7)10(14)6-12/h1,4,7-10H,2-3,5-6H2. The van der Waals surface area contributed by atoms with Gasteiger partial charge >= 0.3 is 0 Å². The van der Waals surface area contributed by atoms with Crippen LogP contribution in [0, 0.1) is 24.7 Å². The van der Waals surface area contributed by atoms with Crippen LogP contribution in [0.25, 0.3) is 0 Å². The Balaban J connectivity index is 2.31. The maximum Gasteiger partial charge on any atom is 0.131 e. The number of hydrogen-bond donors (Lipinski definition) is 0. The van der Waals surface area contributed by atoms with Gasteiger partial charge in [0.15, 0.2) is 0 Å². The van der Waals surface area contributed by atoms with Crippen LogP contribution in [-0.4, -0.2) is 25.7 Å². The quantitative estimate of drug-likeness (QED) is 0.625. The largest absolute Gasteiger partial charge is 0.248 e. The molecule has 82 valence electrons. The first-order valence-electron chi connectivity index (χ1n) is 4.75. The van der Waals surface area contributed by atoms with Gasteiger partial charge in [0.1, 0.15) is 25.7 Å². The van der Waals surface area contributed by atoms with Crippen molar-refractivity contribution in [1.82, 2.24) is 0 Å². The molecule has 1 saturated carbocycles. The minimum Gasteiger partial charge on any atom is -0.248 e. The average Bonchev–Trinajstić information content (AvgIpc) is 2.27. The summed E-state index contributed by atoms with van der Waals surface area (Å²) in [5.74, 6) is -0.939. The predicted octanol–water partition coefficient (Wildman–Crippen LogP) is 3.04. The third kappa shape index (κ3) is 2.85. The van der Waals surface area contributed by atoms with Crippen molar-refractivity contribution in [2.24, 2.45) is 11.8 Å². The maximum atomic E-state index is 12.8. The Morgan fingerprint density at radius 2 is 1.29 bits per heavy atom. The molecule has 1 rings (SSSR count). The van der Waals surface area contributed by atoms with Gasteiger partial charge in [0.2, 0.25) is 0 Å². The zero-order valence-electron chi connectivity index (χ0n) is 7.80. The molecule has 14 heavy (non-hydrogen) atoms. The molecule has 0 aromatic carbocycles. The van der Waals surface area contributed by atoms with E-state index < -0.39 is 37.5 Å². The molecule has 4 heteroatoms. The molecule has 0 spiro atoms. The van der Waals surface area contributed by atoms with Gasteiger partial charge in [-0.05, 0) is 37.5 Å². The second-order valence-corrected chi connectivity index (χ2v) is 3.61. The van der Waals surface area contributed by atoms with Gasteiger partial charge in [0.25, 0.3) is 0 Å². The third-order valence-electron chi connectivity index (χ3n) is 2.65. The molecule has 0 amide bonds. The highest BCUT2D eigenvalue weighted by Gasteiger charge is 2.31. The van der Waals surface area contributed by atoms with E-state index in [1.165, 1.54) is 0 Å². The predicted molar refractivity (Wildman–Crippen MR) is 46.6 cm³/mol. The van der Waals surface area contributed by atoms with Gasteiger partial charge in [-0.2, -0.15) is 0 Å². The Kier molecular flexibility index (Phi) is 4.69. The fourth-order valence-electron chi connectivity index (χ4n) is 1.68. The molecule has 0 aliphatic heterocycles. The highest BCUT2D eigenvalue weighted by atomic mass is 19.2. The fraction of sp³-hybridized carbons (Fsp3) is 0.800. The fourth-order valence-corrected chi connectivity index (χ4v) is 1.68. The van der Waals surface area contributed by atoms with Crippen molar-refractivity contribution in [3.63, 3.8) is 0 Å². The van der Waals surface area contributed by atoms with Crippen LogP contribution >= 0.6 is 0 Å². The normalized spacial score (nSPS) is 32.6. The smallest absolute Gasteiger partial charge is 0.131 e. The van der Waals surface area contributed by atoms with Gasteiger partial charge in [-0.15, -0.1) is 0 Å². The van der Waals surface area contributed by atoms with Crippen LogP contribution in [0.3, 0.4) is 0 Å². The lowest BCUT2D eigenvalue weighted by molar-refractivity contribution is 0.147. The molecule has 4 atom stereocenters. The average molecular weight is 210 g/mol. The van der Waals surface area contributed by atoms with E-state index in [4.69, 9.17) is 0 Å². The maximum absolute atomic E-state index is 12.8. The van der Waals surface area contributed by atoms with Gasteiger partial charge in [-0.1, -0.05) is 0 Å². The summed E-state index contributed by atoms with van der Waals surface area (Å²) in [6, 6.07) is 0. The monoisotopic (exact) mass is 210 g/mol. The minimum atomic E-state index is -1.50. The van der Waals surface area contributed by atoms with E-state index in [0.29, 0.717) is 12.8 Å². The van der Waals surface area contributed by atoms with Gasteiger partial charge in [0.05, 0.1) is 0 Å².